The van der Waals surface area contributed by atoms with Crippen LogP contribution in [0.1, 0.15) is 5.56 Å². The molecule has 0 aliphatic carbocycles. The molecule has 5 heteroatoms. The normalized spacial score (nSPS) is 12.1. The highest BCUT2D eigenvalue weighted by Crippen LogP contribution is 2.21. The van der Waals surface area contributed by atoms with Gasteiger partial charge in [-0.2, -0.15) is 0 Å². The van der Waals surface area contributed by atoms with E-state index in [-0.39, 0.29) is 11.9 Å². The van der Waals surface area contributed by atoms with Crippen molar-refractivity contribution in [3.05, 3.63) is 59.9 Å². The molecule has 0 spiro atoms. The van der Waals surface area contributed by atoms with E-state index in [1.165, 1.54) is 12.1 Å². The number of methoxy groups -OCH3 is 1. The van der Waals surface area contributed by atoms with Crippen LogP contribution in [0.3, 0.4) is 0 Å². The highest BCUT2D eigenvalue weighted by Gasteiger charge is 2.09. The number of hydrazine groups is 1. The molecule has 21 heavy (non-hydrogen) atoms. The Bertz CT molecular complexity index is 580. The van der Waals surface area contributed by atoms with E-state index in [0.717, 1.165) is 28.4 Å². The first-order valence-corrected chi connectivity index (χ1v) is 7.67. The number of hydrogen-bond donors (Lipinski definition) is 2. The van der Waals surface area contributed by atoms with Crippen molar-refractivity contribution in [2.24, 2.45) is 5.84 Å². The lowest BCUT2D eigenvalue weighted by atomic mass is 10.1. The zero-order valence-corrected chi connectivity index (χ0v) is 12.7. The molecule has 0 saturated heterocycles. The molecule has 0 amide bonds. The second-order valence-electron chi connectivity index (χ2n) is 4.69. The van der Waals surface area contributed by atoms with Crippen LogP contribution in [0.5, 0.6) is 5.75 Å². The van der Waals surface area contributed by atoms with E-state index in [9.17, 15) is 4.39 Å². The van der Waals surface area contributed by atoms with Gasteiger partial charge in [-0.1, -0.05) is 18.2 Å². The summed E-state index contributed by atoms with van der Waals surface area (Å²) in [5.41, 5.74) is 3.97. The Morgan fingerprint density at radius 1 is 1.24 bits per heavy atom. The van der Waals surface area contributed by atoms with E-state index in [0.29, 0.717) is 0 Å². The van der Waals surface area contributed by atoms with Crippen molar-refractivity contribution >= 4 is 11.8 Å². The smallest absolute Gasteiger partial charge is 0.124 e. The number of nitrogens with two attached hydrogens (primary N) is 1. The van der Waals surface area contributed by atoms with Gasteiger partial charge in [-0.25, -0.2) is 4.39 Å². The van der Waals surface area contributed by atoms with Gasteiger partial charge in [-0.15, -0.1) is 11.8 Å². The molecule has 0 bridgehead atoms. The minimum atomic E-state index is -0.218. The molecule has 0 aliphatic heterocycles. The van der Waals surface area contributed by atoms with Crippen LogP contribution in [-0.4, -0.2) is 18.9 Å². The van der Waals surface area contributed by atoms with E-state index in [1.807, 2.05) is 30.3 Å². The van der Waals surface area contributed by atoms with Gasteiger partial charge in [-0.05, 0) is 42.3 Å². The number of thioether (sulfide) groups is 1. The lowest BCUT2D eigenvalue weighted by molar-refractivity contribution is 0.414. The number of nitrogens with one attached hydrogen (secondary N) is 1. The van der Waals surface area contributed by atoms with Crippen LogP contribution in [0.15, 0.2) is 53.4 Å². The van der Waals surface area contributed by atoms with Crippen LogP contribution < -0.4 is 16.0 Å². The molecule has 112 valence electrons. The van der Waals surface area contributed by atoms with Gasteiger partial charge < -0.3 is 4.74 Å². The van der Waals surface area contributed by atoms with E-state index >= 15 is 0 Å². The van der Waals surface area contributed by atoms with Crippen molar-refractivity contribution in [2.45, 2.75) is 17.4 Å². The summed E-state index contributed by atoms with van der Waals surface area (Å²) in [6.07, 6.45) is 0.788. The zero-order chi connectivity index (χ0) is 15.1. The summed E-state index contributed by atoms with van der Waals surface area (Å²) < 4.78 is 18.4. The molecule has 2 rings (SSSR count). The average molecular weight is 306 g/mol. The van der Waals surface area contributed by atoms with Crippen molar-refractivity contribution in [3.63, 3.8) is 0 Å². The van der Waals surface area contributed by atoms with E-state index in [1.54, 1.807) is 24.9 Å². The van der Waals surface area contributed by atoms with Gasteiger partial charge in [0.15, 0.2) is 0 Å². The second kappa shape index (κ2) is 8.02. The van der Waals surface area contributed by atoms with Gasteiger partial charge in [0.1, 0.15) is 11.6 Å². The first-order chi connectivity index (χ1) is 10.2. The van der Waals surface area contributed by atoms with Crippen molar-refractivity contribution in [2.75, 3.05) is 12.9 Å². The van der Waals surface area contributed by atoms with Gasteiger partial charge in [0.2, 0.25) is 0 Å². The third-order valence-electron chi connectivity index (χ3n) is 3.10. The Morgan fingerprint density at radius 2 is 2.05 bits per heavy atom. The second-order valence-corrected chi connectivity index (χ2v) is 5.78. The molecule has 0 aromatic heterocycles. The first-order valence-electron chi connectivity index (χ1n) is 6.68. The van der Waals surface area contributed by atoms with Crippen LogP contribution in [0.2, 0.25) is 0 Å². The summed E-state index contributed by atoms with van der Waals surface area (Å²) in [5, 5.41) is 0. The molecular weight excluding hydrogens is 287 g/mol. The Labute approximate surface area is 128 Å². The van der Waals surface area contributed by atoms with Crippen LogP contribution in [0.4, 0.5) is 4.39 Å². The molecule has 1 unspecified atom stereocenters. The number of benzene rings is 2. The average Bonchev–Trinajstić information content (AvgIpc) is 2.51. The summed E-state index contributed by atoms with van der Waals surface area (Å²) in [7, 11) is 1.65. The maximum Gasteiger partial charge on any atom is 0.124 e. The van der Waals surface area contributed by atoms with Crippen molar-refractivity contribution in [1.29, 1.82) is 0 Å². The van der Waals surface area contributed by atoms with Crippen LogP contribution in [0, 0.1) is 5.82 Å². The topological polar surface area (TPSA) is 47.3 Å². The molecule has 2 aromatic rings. The summed E-state index contributed by atoms with van der Waals surface area (Å²) >= 11 is 1.58. The fourth-order valence-electron chi connectivity index (χ4n) is 2.00. The summed E-state index contributed by atoms with van der Waals surface area (Å²) in [6, 6.07) is 14.6. The maximum absolute atomic E-state index is 13.1. The van der Waals surface area contributed by atoms with Gasteiger partial charge in [-0.3, -0.25) is 11.3 Å². The van der Waals surface area contributed by atoms with Gasteiger partial charge in [0.05, 0.1) is 7.11 Å². The standard InChI is InChI=1S/C16H19FN2OS/c1-20-15-6-2-4-12(9-15)8-14(19-18)11-21-16-7-3-5-13(17)10-16/h2-7,9-10,14,19H,8,11,18H2,1H3. The third kappa shape index (κ3) is 5.04. The lowest BCUT2D eigenvalue weighted by Crippen LogP contribution is -2.38. The lowest BCUT2D eigenvalue weighted by Gasteiger charge is -2.16. The van der Waals surface area contributed by atoms with Crippen molar-refractivity contribution in [1.82, 2.24) is 5.43 Å². The largest absolute Gasteiger partial charge is 0.497 e. The molecule has 2 aromatic carbocycles. The maximum atomic E-state index is 13.1. The van der Waals surface area contributed by atoms with Gasteiger partial charge in [0, 0.05) is 16.7 Å². The third-order valence-corrected chi connectivity index (χ3v) is 4.26. The Kier molecular flexibility index (Phi) is 6.04. The minimum Gasteiger partial charge on any atom is -0.497 e. The molecule has 0 radical (unpaired) electrons. The molecule has 0 saturated carbocycles. The van der Waals surface area contributed by atoms with E-state index in [4.69, 9.17) is 10.6 Å². The number of ether oxygens (including phenoxy) is 1. The predicted octanol–water partition coefficient (Wildman–Crippen LogP) is 3.00. The first kappa shape index (κ1) is 15.8. The molecule has 3 nitrogen and oxygen atoms in total. The molecular formula is C16H19FN2OS. The number of rotatable bonds is 7. The minimum absolute atomic E-state index is 0.102. The monoisotopic (exact) mass is 306 g/mol. The van der Waals surface area contributed by atoms with Crippen LogP contribution in [0.25, 0.3) is 0 Å². The summed E-state index contributed by atoms with van der Waals surface area (Å²) in [6.45, 7) is 0. The highest BCUT2D eigenvalue weighted by molar-refractivity contribution is 7.99. The fraction of sp³-hybridized carbons (Fsp3) is 0.250. The number of halogens is 1. The molecule has 0 heterocycles. The zero-order valence-electron chi connectivity index (χ0n) is 11.9. The van der Waals surface area contributed by atoms with Gasteiger partial charge >= 0.3 is 0 Å². The highest BCUT2D eigenvalue weighted by atomic mass is 32.2. The Morgan fingerprint density at radius 3 is 2.76 bits per heavy atom. The molecule has 0 aliphatic rings. The SMILES string of the molecule is COc1cccc(CC(CSc2cccc(F)c2)NN)c1. The van der Waals surface area contributed by atoms with Crippen molar-refractivity contribution in [3.8, 4) is 5.75 Å². The quantitative estimate of drug-likeness (QED) is 0.469. The Balaban J connectivity index is 1.93. The summed E-state index contributed by atoms with van der Waals surface area (Å²) in [5.74, 6) is 6.99. The van der Waals surface area contributed by atoms with Gasteiger partial charge in [0.25, 0.3) is 0 Å². The van der Waals surface area contributed by atoms with Crippen molar-refractivity contribution < 1.29 is 9.13 Å². The van der Waals surface area contributed by atoms with E-state index in [2.05, 4.69) is 5.43 Å². The summed E-state index contributed by atoms with van der Waals surface area (Å²) in [4.78, 5) is 0.904. The van der Waals surface area contributed by atoms with Crippen LogP contribution in [-0.2, 0) is 6.42 Å². The molecule has 3 N–H and O–H groups in total. The van der Waals surface area contributed by atoms with Crippen LogP contribution >= 0.6 is 11.8 Å². The fourth-order valence-corrected chi connectivity index (χ4v) is 2.98. The number of hydrogen-bond acceptors (Lipinski definition) is 4. The molecule has 0 fully saturated rings. The Hall–Kier alpha value is -1.56. The van der Waals surface area contributed by atoms with E-state index < -0.39 is 0 Å². The predicted molar refractivity (Wildman–Crippen MR) is 84.9 cm³/mol. The molecule has 1 atom stereocenters.